The molecule has 156 valence electrons. The second-order valence-electron chi connectivity index (χ2n) is 8.73. The largest absolute Gasteiger partial charge is 0.461 e. The summed E-state index contributed by atoms with van der Waals surface area (Å²) in [6.07, 6.45) is 2.04. The van der Waals surface area contributed by atoms with E-state index in [1.165, 1.54) is 0 Å². The van der Waals surface area contributed by atoms with Crippen LogP contribution in [0, 0.1) is 11.3 Å². The fourth-order valence-electron chi connectivity index (χ4n) is 5.02. The first-order valence-corrected chi connectivity index (χ1v) is 10.8. The fourth-order valence-corrected chi connectivity index (χ4v) is 5.35. The maximum atomic E-state index is 13.1. The highest BCUT2D eigenvalue weighted by atomic mass is 35.5. The summed E-state index contributed by atoms with van der Waals surface area (Å²) >= 11 is 6.52. The summed E-state index contributed by atoms with van der Waals surface area (Å²) < 4.78 is 11.6. The molecule has 0 N–H and O–H groups in total. The molecular formula is C27H23ClO3. The van der Waals surface area contributed by atoms with E-state index < -0.39 is 5.41 Å². The van der Waals surface area contributed by atoms with E-state index in [9.17, 15) is 4.79 Å². The van der Waals surface area contributed by atoms with Gasteiger partial charge in [0.05, 0.1) is 5.92 Å². The van der Waals surface area contributed by atoms with Gasteiger partial charge >= 0.3 is 5.97 Å². The molecule has 0 radical (unpaired) electrons. The van der Waals surface area contributed by atoms with Crippen LogP contribution in [0.15, 0.2) is 84.9 Å². The third kappa shape index (κ3) is 3.16. The number of fused-ring (bicyclic) bond motifs is 2. The van der Waals surface area contributed by atoms with Crippen molar-refractivity contribution in [3.05, 3.63) is 102 Å². The SMILES string of the molecule is CC1(C)C(C(=O)OCc2cccc(Oc3ccccc3)c2)C12C=C(Cl)c1ccccc12. The molecule has 0 aliphatic heterocycles. The average Bonchev–Trinajstić information content (AvgIpc) is 3.10. The molecule has 3 aromatic rings. The Balaban J connectivity index is 1.31. The highest BCUT2D eigenvalue weighted by Gasteiger charge is 2.76. The number of carbonyl (C=O) groups is 1. The Morgan fingerprint density at radius 2 is 1.65 bits per heavy atom. The van der Waals surface area contributed by atoms with Crippen molar-refractivity contribution < 1.29 is 14.3 Å². The number of hydrogen-bond acceptors (Lipinski definition) is 3. The molecule has 0 aromatic heterocycles. The van der Waals surface area contributed by atoms with Crippen LogP contribution in [0.3, 0.4) is 0 Å². The Labute approximate surface area is 187 Å². The monoisotopic (exact) mass is 430 g/mol. The number of carbonyl (C=O) groups excluding carboxylic acids is 1. The van der Waals surface area contributed by atoms with Gasteiger partial charge in [0.2, 0.25) is 0 Å². The van der Waals surface area contributed by atoms with E-state index in [0.717, 1.165) is 22.4 Å². The van der Waals surface area contributed by atoms with E-state index in [2.05, 4.69) is 19.9 Å². The van der Waals surface area contributed by atoms with Crippen LogP contribution in [0.5, 0.6) is 11.5 Å². The number of benzene rings is 3. The summed E-state index contributed by atoms with van der Waals surface area (Å²) in [6, 6.07) is 25.3. The van der Waals surface area contributed by atoms with Gasteiger partial charge in [-0.15, -0.1) is 0 Å². The third-order valence-electron chi connectivity index (χ3n) is 6.64. The number of rotatable bonds is 5. The summed E-state index contributed by atoms with van der Waals surface area (Å²) in [5.41, 5.74) is 2.36. The first kappa shape index (κ1) is 19.9. The maximum Gasteiger partial charge on any atom is 0.311 e. The first-order valence-electron chi connectivity index (χ1n) is 10.4. The summed E-state index contributed by atoms with van der Waals surface area (Å²) in [4.78, 5) is 13.1. The number of para-hydroxylation sites is 1. The van der Waals surface area contributed by atoms with Gasteiger partial charge in [0.15, 0.2) is 0 Å². The number of ether oxygens (including phenoxy) is 2. The summed E-state index contributed by atoms with van der Waals surface area (Å²) in [5.74, 6) is 1.02. The van der Waals surface area contributed by atoms with Crippen molar-refractivity contribution in [2.45, 2.75) is 25.9 Å². The van der Waals surface area contributed by atoms with Crippen LogP contribution in [0.4, 0.5) is 0 Å². The number of esters is 1. The molecule has 5 rings (SSSR count). The van der Waals surface area contributed by atoms with Crippen LogP contribution >= 0.6 is 11.6 Å². The second kappa shape index (κ2) is 7.28. The molecule has 1 saturated carbocycles. The molecule has 2 unspecified atom stereocenters. The maximum absolute atomic E-state index is 13.1. The fraction of sp³-hybridized carbons (Fsp3) is 0.222. The molecule has 0 bridgehead atoms. The van der Waals surface area contributed by atoms with Crippen molar-refractivity contribution in [3.8, 4) is 11.5 Å². The van der Waals surface area contributed by atoms with Crippen LogP contribution in [0.1, 0.15) is 30.5 Å². The molecule has 1 fully saturated rings. The first-order chi connectivity index (χ1) is 14.9. The Morgan fingerprint density at radius 3 is 2.45 bits per heavy atom. The van der Waals surface area contributed by atoms with Gasteiger partial charge in [-0.3, -0.25) is 4.79 Å². The van der Waals surface area contributed by atoms with Crippen LogP contribution in [-0.4, -0.2) is 5.97 Å². The Kier molecular flexibility index (Phi) is 4.67. The van der Waals surface area contributed by atoms with Gasteiger partial charge in [-0.05, 0) is 46.4 Å². The van der Waals surface area contributed by atoms with Crippen molar-refractivity contribution in [1.82, 2.24) is 0 Å². The van der Waals surface area contributed by atoms with E-state index in [0.29, 0.717) is 10.8 Å². The summed E-state index contributed by atoms with van der Waals surface area (Å²) in [6.45, 7) is 4.42. The molecule has 2 aliphatic carbocycles. The molecule has 2 aliphatic rings. The van der Waals surface area contributed by atoms with E-state index in [4.69, 9.17) is 21.1 Å². The minimum Gasteiger partial charge on any atom is -0.461 e. The quantitative estimate of drug-likeness (QED) is 0.422. The zero-order valence-electron chi connectivity index (χ0n) is 17.5. The van der Waals surface area contributed by atoms with Gasteiger partial charge in [0, 0.05) is 10.4 Å². The number of hydrogen-bond donors (Lipinski definition) is 0. The molecule has 1 spiro atoms. The van der Waals surface area contributed by atoms with E-state index >= 15 is 0 Å². The van der Waals surface area contributed by atoms with Crippen LogP contribution in [0.2, 0.25) is 0 Å². The molecule has 2 atom stereocenters. The van der Waals surface area contributed by atoms with Gasteiger partial charge in [-0.2, -0.15) is 0 Å². The Morgan fingerprint density at radius 1 is 0.935 bits per heavy atom. The Hall–Kier alpha value is -3.04. The molecule has 4 heteroatoms. The van der Waals surface area contributed by atoms with Crippen LogP contribution in [-0.2, 0) is 21.6 Å². The smallest absolute Gasteiger partial charge is 0.311 e. The van der Waals surface area contributed by atoms with Gasteiger partial charge in [-0.1, -0.05) is 86.1 Å². The highest BCUT2D eigenvalue weighted by molar-refractivity contribution is 6.49. The minimum atomic E-state index is -0.393. The lowest BCUT2D eigenvalue weighted by Crippen LogP contribution is -2.14. The molecule has 3 aromatic carbocycles. The van der Waals surface area contributed by atoms with Crippen LogP contribution in [0.25, 0.3) is 5.03 Å². The molecule has 0 saturated heterocycles. The van der Waals surface area contributed by atoms with Gasteiger partial charge < -0.3 is 9.47 Å². The van der Waals surface area contributed by atoms with E-state index in [-0.39, 0.29) is 23.9 Å². The lowest BCUT2D eigenvalue weighted by Gasteiger charge is -2.13. The van der Waals surface area contributed by atoms with Gasteiger partial charge in [0.25, 0.3) is 0 Å². The lowest BCUT2D eigenvalue weighted by molar-refractivity contribution is -0.147. The average molecular weight is 431 g/mol. The Bertz CT molecular complexity index is 1180. The topological polar surface area (TPSA) is 35.5 Å². The van der Waals surface area contributed by atoms with Crippen molar-refractivity contribution in [1.29, 1.82) is 0 Å². The number of allylic oxidation sites excluding steroid dienone is 1. The molecule has 0 heterocycles. The summed E-state index contributed by atoms with van der Waals surface area (Å²) in [7, 11) is 0. The summed E-state index contributed by atoms with van der Waals surface area (Å²) in [5, 5.41) is 0.713. The molecule has 3 nitrogen and oxygen atoms in total. The minimum absolute atomic E-state index is 0.197. The second-order valence-corrected chi connectivity index (χ2v) is 9.14. The van der Waals surface area contributed by atoms with Crippen molar-refractivity contribution in [3.63, 3.8) is 0 Å². The third-order valence-corrected chi connectivity index (χ3v) is 6.95. The highest BCUT2D eigenvalue weighted by Crippen LogP contribution is 2.74. The lowest BCUT2D eigenvalue weighted by atomic mass is 9.90. The molecule has 31 heavy (non-hydrogen) atoms. The zero-order valence-corrected chi connectivity index (χ0v) is 18.2. The van der Waals surface area contributed by atoms with E-state index in [1.807, 2.05) is 78.9 Å². The van der Waals surface area contributed by atoms with Crippen molar-refractivity contribution in [2.24, 2.45) is 11.3 Å². The zero-order chi connectivity index (χ0) is 21.6. The standard InChI is InChI=1S/C27H23ClO3/c1-26(2)24(27(26)16-23(28)21-13-6-7-14-22(21)27)25(29)30-17-18-9-8-12-20(15-18)31-19-10-4-3-5-11-19/h3-16,24H,17H2,1-2H3. The van der Waals surface area contributed by atoms with Crippen molar-refractivity contribution >= 4 is 22.6 Å². The van der Waals surface area contributed by atoms with Crippen molar-refractivity contribution in [2.75, 3.05) is 0 Å². The molecular weight excluding hydrogens is 408 g/mol. The van der Waals surface area contributed by atoms with Gasteiger partial charge in [0.1, 0.15) is 18.1 Å². The van der Waals surface area contributed by atoms with Gasteiger partial charge in [-0.25, -0.2) is 0 Å². The number of halogens is 1. The predicted octanol–water partition coefficient (Wildman–Crippen LogP) is 6.71. The van der Waals surface area contributed by atoms with Crippen LogP contribution < -0.4 is 4.74 Å². The predicted molar refractivity (Wildman–Crippen MR) is 122 cm³/mol. The van der Waals surface area contributed by atoms with E-state index in [1.54, 1.807) is 0 Å². The normalized spacial score (nSPS) is 22.5. The molecule has 0 amide bonds.